The number of hydrogen-bond acceptors (Lipinski definition) is 3. The summed E-state index contributed by atoms with van der Waals surface area (Å²) >= 11 is 4.89. The van der Waals surface area contributed by atoms with E-state index < -0.39 is 0 Å². The molecular weight excluding hydrogens is 302 g/mol. The number of carbonyl (C=O) groups excluding carboxylic acids is 1. The third kappa shape index (κ3) is 5.57. The van der Waals surface area contributed by atoms with Gasteiger partial charge in [0.05, 0.1) is 5.25 Å². The van der Waals surface area contributed by atoms with E-state index in [1.807, 2.05) is 31.2 Å². The summed E-state index contributed by atoms with van der Waals surface area (Å²) in [6, 6.07) is 7.87. The number of rotatable bonds is 6. The SMILES string of the molecule is C[C@H](Sc1ccc(Br)cc1)C(=O)NCCCO. The molecule has 0 saturated carbocycles. The Balaban J connectivity index is 2.40. The molecule has 2 N–H and O–H groups in total. The summed E-state index contributed by atoms with van der Waals surface area (Å²) in [5.74, 6) is 0.00590. The maximum absolute atomic E-state index is 11.7. The zero-order valence-corrected chi connectivity index (χ0v) is 12.1. The van der Waals surface area contributed by atoms with Crippen LogP contribution in [0.5, 0.6) is 0 Å². The number of nitrogens with one attached hydrogen (secondary N) is 1. The van der Waals surface area contributed by atoms with Crippen LogP contribution in [0.1, 0.15) is 13.3 Å². The molecule has 1 amide bonds. The van der Waals surface area contributed by atoms with Crippen molar-refractivity contribution in [3.63, 3.8) is 0 Å². The van der Waals surface area contributed by atoms with Gasteiger partial charge in [-0.2, -0.15) is 0 Å². The van der Waals surface area contributed by atoms with Crippen LogP contribution in [0.25, 0.3) is 0 Å². The van der Waals surface area contributed by atoms with Crippen LogP contribution in [-0.2, 0) is 4.79 Å². The van der Waals surface area contributed by atoms with Gasteiger partial charge in [-0.25, -0.2) is 0 Å². The van der Waals surface area contributed by atoms with Gasteiger partial charge in [0.15, 0.2) is 0 Å². The third-order valence-electron chi connectivity index (χ3n) is 2.13. The number of benzene rings is 1. The van der Waals surface area contributed by atoms with E-state index in [4.69, 9.17) is 5.11 Å². The van der Waals surface area contributed by atoms with E-state index in [-0.39, 0.29) is 17.8 Å². The van der Waals surface area contributed by atoms with Crippen molar-refractivity contribution >= 4 is 33.6 Å². The average molecular weight is 318 g/mol. The van der Waals surface area contributed by atoms with Gasteiger partial charge in [0.2, 0.25) is 5.91 Å². The summed E-state index contributed by atoms with van der Waals surface area (Å²) in [5, 5.41) is 11.3. The Morgan fingerprint density at radius 3 is 2.71 bits per heavy atom. The lowest BCUT2D eigenvalue weighted by Gasteiger charge is -2.11. The number of halogens is 1. The fourth-order valence-corrected chi connectivity index (χ4v) is 2.36. The number of thioether (sulfide) groups is 1. The summed E-state index contributed by atoms with van der Waals surface area (Å²) in [7, 11) is 0. The summed E-state index contributed by atoms with van der Waals surface area (Å²) < 4.78 is 1.03. The molecule has 0 aliphatic carbocycles. The predicted molar refractivity (Wildman–Crippen MR) is 74.2 cm³/mol. The van der Waals surface area contributed by atoms with Crippen LogP contribution in [-0.4, -0.2) is 29.4 Å². The first kappa shape index (κ1) is 14.5. The predicted octanol–water partition coefficient (Wildman–Crippen LogP) is 2.43. The lowest BCUT2D eigenvalue weighted by Crippen LogP contribution is -2.31. The van der Waals surface area contributed by atoms with E-state index in [0.29, 0.717) is 13.0 Å². The fraction of sp³-hybridized carbons (Fsp3) is 0.417. The molecule has 1 atom stereocenters. The third-order valence-corrected chi connectivity index (χ3v) is 3.77. The molecule has 1 aromatic carbocycles. The molecule has 3 nitrogen and oxygen atoms in total. The molecule has 0 spiro atoms. The van der Waals surface area contributed by atoms with E-state index in [2.05, 4.69) is 21.2 Å². The highest BCUT2D eigenvalue weighted by atomic mass is 79.9. The summed E-state index contributed by atoms with van der Waals surface area (Å²) in [6.45, 7) is 2.51. The van der Waals surface area contributed by atoms with Crippen molar-refractivity contribution in [1.29, 1.82) is 0 Å². The van der Waals surface area contributed by atoms with Crippen LogP contribution in [0.2, 0.25) is 0 Å². The van der Waals surface area contributed by atoms with E-state index in [9.17, 15) is 4.79 Å². The van der Waals surface area contributed by atoms with Gasteiger partial charge in [0, 0.05) is 22.5 Å². The Labute approximate surface area is 114 Å². The topological polar surface area (TPSA) is 49.3 Å². The lowest BCUT2D eigenvalue weighted by atomic mass is 10.4. The van der Waals surface area contributed by atoms with Crippen LogP contribution in [0.4, 0.5) is 0 Å². The quantitative estimate of drug-likeness (QED) is 0.626. The molecule has 94 valence electrons. The van der Waals surface area contributed by atoms with Crippen LogP contribution in [0.3, 0.4) is 0 Å². The highest BCUT2D eigenvalue weighted by molar-refractivity contribution is 9.10. The van der Waals surface area contributed by atoms with Crippen molar-refractivity contribution in [2.75, 3.05) is 13.2 Å². The Morgan fingerprint density at radius 2 is 2.12 bits per heavy atom. The number of amides is 1. The van der Waals surface area contributed by atoms with Crippen LogP contribution < -0.4 is 5.32 Å². The van der Waals surface area contributed by atoms with Crippen LogP contribution in [0.15, 0.2) is 33.6 Å². The Bertz CT molecular complexity index is 356. The number of aliphatic hydroxyl groups is 1. The van der Waals surface area contributed by atoms with Gasteiger partial charge in [-0.1, -0.05) is 15.9 Å². The molecule has 0 radical (unpaired) electrons. The molecule has 0 aliphatic rings. The maximum Gasteiger partial charge on any atom is 0.233 e. The van der Waals surface area contributed by atoms with E-state index >= 15 is 0 Å². The Morgan fingerprint density at radius 1 is 1.47 bits per heavy atom. The van der Waals surface area contributed by atoms with Crippen LogP contribution in [0, 0.1) is 0 Å². The molecule has 1 aromatic rings. The monoisotopic (exact) mass is 317 g/mol. The summed E-state index contributed by atoms with van der Waals surface area (Å²) in [5.41, 5.74) is 0. The first-order valence-corrected chi connectivity index (χ1v) is 7.11. The second-order valence-corrected chi connectivity index (χ2v) is 5.91. The smallest absolute Gasteiger partial charge is 0.233 e. The lowest BCUT2D eigenvalue weighted by molar-refractivity contribution is -0.120. The molecule has 17 heavy (non-hydrogen) atoms. The zero-order chi connectivity index (χ0) is 12.7. The first-order valence-electron chi connectivity index (χ1n) is 5.44. The second-order valence-electron chi connectivity index (χ2n) is 3.58. The van der Waals surface area contributed by atoms with E-state index in [0.717, 1.165) is 9.37 Å². The molecule has 1 rings (SSSR count). The second kappa shape index (κ2) is 7.74. The Hall–Kier alpha value is -0.520. The average Bonchev–Trinajstić information content (AvgIpc) is 2.32. The number of carbonyl (C=O) groups is 1. The van der Waals surface area contributed by atoms with Crippen molar-refractivity contribution in [2.45, 2.75) is 23.5 Å². The molecule has 0 unspecified atom stereocenters. The van der Waals surface area contributed by atoms with Gasteiger partial charge in [-0.05, 0) is 37.6 Å². The van der Waals surface area contributed by atoms with Crippen molar-refractivity contribution < 1.29 is 9.90 Å². The first-order chi connectivity index (χ1) is 8.13. The fourth-order valence-electron chi connectivity index (χ4n) is 1.21. The molecule has 0 aliphatic heterocycles. The molecule has 0 bridgehead atoms. The largest absolute Gasteiger partial charge is 0.396 e. The highest BCUT2D eigenvalue weighted by Crippen LogP contribution is 2.24. The molecule has 0 heterocycles. The normalized spacial score (nSPS) is 12.2. The standard InChI is InChI=1S/C12H16BrNO2S/c1-9(12(16)14-7-2-8-15)17-11-5-3-10(13)4-6-11/h3-6,9,15H,2,7-8H2,1H3,(H,14,16)/t9-/m0/s1. The summed E-state index contributed by atoms with van der Waals surface area (Å²) in [6.07, 6.45) is 0.599. The van der Waals surface area contributed by atoms with E-state index in [1.165, 1.54) is 11.8 Å². The number of hydrogen-bond donors (Lipinski definition) is 2. The minimum Gasteiger partial charge on any atom is -0.396 e. The van der Waals surface area contributed by atoms with Crippen molar-refractivity contribution in [2.24, 2.45) is 0 Å². The summed E-state index contributed by atoms with van der Waals surface area (Å²) in [4.78, 5) is 12.7. The van der Waals surface area contributed by atoms with Crippen molar-refractivity contribution in [1.82, 2.24) is 5.32 Å². The van der Waals surface area contributed by atoms with Crippen molar-refractivity contribution in [3.8, 4) is 0 Å². The number of aliphatic hydroxyl groups excluding tert-OH is 1. The minimum absolute atomic E-state index is 0.00590. The molecular formula is C12H16BrNO2S. The van der Waals surface area contributed by atoms with Gasteiger partial charge < -0.3 is 10.4 Å². The molecule has 0 saturated heterocycles. The van der Waals surface area contributed by atoms with Crippen molar-refractivity contribution in [3.05, 3.63) is 28.7 Å². The Kier molecular flexibility index (Phi) is 6.62. The van der Waals surface area contributed by atoms with Gasteiger partial charge in [0.1, 0.15) is 0 Å². The molecule has 0 aromatic heterocycles. The zero-order valence-electron chi connectivity index (χ0n) is 9.65. The van der Waals surface area contributed by atoms with E-state index in [1.54, 1.807) is 0 Å². The molecule has 5 heteroatoms. The van der Waals surface area contributed by atoms with Gasteiger partial charge in [0.25, 0.3) is 0 Å². The van der Waals surface area contributed by atoms with Crippen LogP contribution >= 0.6 is 27.7 Å². The minimum atomic E-state index is -0.130. The highest BCUT2D eigenvalue weighted by Gasteiger charge is 2.13. The van der Waals surface area contributed by atoms with Gasteiger partial charge in [-0.3, -0.25) is 4.79 Å². The molecule has 0 fully saturated rings. The van der Waals surface area contributed by atoms with Gasteiger partial charge >= 0.3 is 0 Å². The maximum atomic E-state index is 11.7. The van der Waals surface area contributed by atoms with Gasteiger partial charge in [-0.15, -0.1) is 11.8 Å².